The van der Waals surface area contributed by atoms with Crippen molar-refractivity contribution < 1.29 is 9.21 Å². The Bertz CT molecular complexity index is 408. The van der Waals surface area contributed by atoms with Crippen LogP contribution < -0.4 is 5.32 Å². The van der Waals surface area contributed by atoms with E-state index in [2.05, 4.69) is 12.2 Å². The summed E-state index contributed by atoms with van der Waals surface area (Å²) in [6, 6.07) is 4.06. The molecule has 0 bridgehead atoms. The molecule has 1 aromatic heterocycles. The Labute approximate surface area is 115 Å². The summed E-state index contributed by atoms with van der Waals surface area (Å²) in [7, 11) is 0. The monoisotopic (exact) mass is 264 g/mol. The van der Waals surface area contributed by atoms with Crippen LogP contribution in [0.1, 0.15) is 48.9 Å². The summed E-state index contributed by atoms with van der Waals surface area (Å²) in [5.74, 6) is 1.28. The highest BCUT2D eigenvalue weighted by Gasteiger charge is 2.23. The average Bonchev–Trinajstić information content (AvgIpc) is 3.05. The molecule has 4 heteroatoms. The third-order valence-corrected chi connectivity index (χ3v) is 3.62. The highest BCUT2D eigenvalue weighted by atomic mass is 16.3. The molecule has 0 radical (unpaired) electrons. The van der Waals surface area contributed by atoms with Crippen molar-refractivity contribution in [3.63, 3.8) is 0 Å². The maximum Gasteiger partial charge on any atom is 0.289 e. The minimum atomic E-state index is 0.0234. The molecule has 1 unspecified atom stereocenters. The number of carbonyl (C=O) groups excluding carboxylic acids is 1. The van der Waals surface area contributed by atoms with Gasteiger partial charge in [-0.25, -0.2) is 0 Å². The van der Waals surface area contributed by atoms with Crippen LogP contribution in [-0.2, 0) is 0 Å². The summed E-state index contributed by atoms with van der Waals surface area (Å²) in [6.45, 7) is 6.69. The minimum Gasteiger partial charge on any atom is -0.456 e. The molecule has 1 aromatic rings. The van der Waals surface area contributed by atoms with Gasteiger partial charge in [0.1, 0.15) is 5.76 Å². The zero-order chi connectivity index (χ0) is 13.7. The Balaban J connectivity index is 2.00. The fraction of sp³-hybridized carbons (Fsp3) is 0.667. The van der Waals surface area contributed by atoms with Crippen molar-refractivity contribution in [3.8, 4) is 0 Å². The number of aryl methyl sites for hydroxylation is 1. The summed E-state index contributed by atoms with van der Waals surface area (Å²) in [6.07, 6.45) is 4.50. The largest absolute Gasteiger partial charge is 0.456 e. The summed E-state index contributed by atoms with van der Waals surface area (Å²) in [4.78, 5) is 14.4. The van der Waals surface area contributed by atoms with Gasteiger partial charge in [-0.15, -0.1) is 0 Å². The molecule has 2 heterocycles. The van der Waals surface area contributed by atoms with E-state index in [9.17, 15) is 4.79 Å². The van der Waals surface area contributed by atoms with Gasteiger partial charge in [0.2, 0.25) is 0 Å². The first-order chi connectivity index (χ1) is 9.20. The van der Waals surface area contributed by atoms with Gasteiger partial charge in [-0.1, -0.05) is 13.3 Å². The van der Waals surface area contributed by atoms with Crippen molar-refractivity contribution in [2.45, 2.75) is 45.6 Å². The van der Waals surface area contributed by atoms with Gasteiger partial charge in [0.05, 0.1) is 0 Å². The van der Waals surface area contributed by atoms with Gasteiger partial charge in [0, 0.05) is 19.1 Å². The molecule has 1 amide bonds. The quantitative estimate of drug-likeness (QED) is 0.859. The van der Waals surface area contributed by atoms with Crippen LogP contribution in [0.3, 0.4) is 0 Å². The molecule has 0 aliphatic carbocycles. The standard InChI is InChI=1S/C15H24N2O2/c1-3-4-10-17(11-13-6-5-9-16-13)15(18)14-8-7-12(2)19-14/h7-8,13,16H,3-6,9-11H2,1-2H3. The van der Waals surface area contributed by atoms with Gasteiger partial charge in [-0.05, 0) is 44.9 Å². The van der Waals surface area contributed by atoms with Crippen molar-refractivity contribution >= 4 is 5.91 Å². The molecule has 1 N–H and O–H groups in total. The van der Waals surface area contributed by atoms with Gasteiger partial charge in [-0.3, -0.25) is 4.79 Å². The molecule has 2 rings (SSSR count). The number of unbranched alkanes of at least 4 members (excludes halogenated alkanes) is 1. The molecule has 0 aromatic carbocycles. The Hall–Kier alpha value is -1.29. The number of rotatable bonds is 6. The maximum absolute atomic E-state index is 12.5. The first-order valence-corrected chi connectivity index (χ1v) is 7.29. The topological polar surface area (TPSA) is 45.5 Å². The molecular weight excluding hydrogens is 240 g/mol. The van der Waals surface area contributed by atoms with Crippen molar-refractivity contribution in [2.24, 2.45) is 0 Å². The number of furan rings is 1. The van der Waals surface area contributed by atoms with Gasteiger partial charge in [-0.2, -0.15) is 0 Å². The zero-order valence-corrected chi connectivity index (χ0v) is 11.9. The highest BCUT2D eigenvalue weighted by Crippen LogP contribution is 2.13. The van der Waals surface area contributed by atoms with E-state index >= 15 is 0 Å². The highest BCUT2D eigenvalue weighted by molar-refractivity contribution is 5.91. The van der Waals surface area contributed by atoms with Crippen LogP contribution in [0, 0.1) is 6.92 Å². The summed E-state index contributed by atoms with van der Waals surface area (Å²) < 4.78 is 5.46. The van der Waals surface area contributed by atoms with E-state index in [0.29, 0.717) is 11.8 Å². The number of hydrogen-bond donors (Lipinski definition) is 1. The van der Waals surface area contributed by atoms with Crippen LogP contribution in [0.25, 0.3) is 0 Å². The number of amides is 1. The molecule has 106 valence electrons. The van der Waals surface area contributed by atoms with E-state index < -0.39 is 0 Å². The summed E-state index contributed by atoms with van der Waals surface area (Å²) in [5, 5.41) is 3.45. The van der Waals surface area contributed by atoms with Crippen molar-refractivity contribution in [2.75, 3.05) is 19.6 Å². The molecule has 0 spiro atoms. The second-order valence-corrected chi connectivity index (χ2v) is 5.31. The van der Waals surface area contributed by atoms with E-state index in [1.54, 1.807) is 6.07 Å². The molecular formula is C15H24N2O2. The van der Waals surface area contributed by atoms with Crippen LogP contribution in [0.4, 0.5) is 0 Å². The molecule has 1 saturated heterocycles. The van der Waals surface area contributed by atoms with E-state index in [-0.39, 0.29) is 5.91 Å². The normalized spacial score (nSPS) is 18.7. The molecule has 4 nitrogen and oxygen atoms in total. The fourth-order valence-corrected chi connectivity index (χ4v) is 2.51. The van der Waals surface area contributed by atoms with Gasteiger partial charge in [0.15, 0.2) is 5.76 Å². The van der Waals surface area contributed by atoms with Crippen molar-refractivity contribution in [1.82, 2.24) is 10.2 Å². The Kier molecular flexibility index (Phi) is 5.02. The second-order valence-electron chi connectivity index (χ2n) is 5.31. The maximum atomic E-state index is 12.5. The smallest absolute Gasteiger partial charge is 0.289 e. The predicted octanol–water partition coefficient (Wildman–Crippen LogP) is 2.58. The van der Waals surface area contributed by atoms with Crippen LogP contribution in [0.15, 0.2) is 16.5 Å². The van der Waals surface area contributed by atoms with Gasteiger partial charge < -0.3 is 14.6 Å². The number of nitrogens with zero attached hydrogens (tertiary/aromatic N) is 1. The Morgan fingerprint density at radius 1 is 1.53 bits per heavy atom. The third kappa shape index (κ3) is 3.83. The SMILES string of the molecule is CCCCN(CC1CCCN1)C(=O)c1ccc(C)o1. The first-order valence-electron chi connectivity index (χ1n) is 7.29. The van der Waals surface area contributed by atoms with E-state index in [0.717, 1.165) is 44.7 Å². The third-order valence-electron chi connectivity index (χ3n) is 3.62. The molecule has 1 aliphatic rings. The number of hydrogen-bond acceptors (Lipinski definition) is 3. The van der Waals surface area contributed by atoms with E-state index in [1.165, 1.54) is 6.42 Å². The molecule has 1 fully saturated rings. The number of carbonyl (C=O) groups is 1. The molecule has 1 aliphatic heterocycles. The minimum absolute atomic E-state index is 0.0234. The van der Waals surface area contributed by atoms with E-state index in [1.807, 2.05) is 17.9 Å². The first kappa shape index (κ1) is 14.1. The lowest BCUT2D eigenvalue weighted by atomic mass is 10.2. The predicted molar refractivity (Wildman–Crippen MR) is 75.3 cm³/mol. The molecule has 0 saturated carbocycles. The average molecular weight is 264 g/mol. The van der Waals surface area contributed by atoms with Crippen LogP contribution in [0.2, 0.25) is 0 Å². The van der Waals surface area contributed by atoms with Crippen LogP contribution in [0.5, 0.6) is 0 Å². The van der Waals surface area contributed by atoms with Crippen molar-refractivity contribution in [1.29, 1.82) is 0 Å². The zero-order valence-electron chi connectivity index (χ0n) is 11.9. The van der Waals surface area contributed by atoms with Crippen molar-refractivity contribution in [3.05, 3.63) is 23.7 Å². The number of nitrogens with one attached hydrogen (secondary N) is 1. The molecule has 1 atom stereocenters. The lowest BCUT2D eigenvalue weighted by Gasteiger charge is -2.25. The second kappa shape index (κ2) is 6.75. The van der Waals surface area contributed by atoms with Gasteiger partial charge >= 0.3 is 0 Å². The van der Waals surface area contributed by atoms with Crippen LogP contribution >= 0.6 is 0 Å². The van der Waals surface area contributed by atoms with Gasteiger partial charge in [0.25, 0.3) is 5.91 Å². The summed E-state index contributed by atoms with van der Waals surface area (Å²) >= 11 is 0. The van der Waals surface area contributed by atoms with Crippen LogP contribution in [-0.4, -0.2) is 36.5 Å². The van der Waals surface area contributed by atoms with E-state index in [4.69, 9.17) is 4.42 Å². The fourth-order valence-electron chi connectivity index (χ4n) is 2.51. The summed E-state index contributed by atoms with van der Waals surface area (Å²) in [5.41, 5.74) is 0. The Morgan fingerprint density at radius 2 is 2.37 bits per heavy atom. The Morgan fingerprint density at radius 3 is 2.95 bits per heavy atom. The lowest BCUT2D eigenvalue weighted by molar-refractivity contribution is 0.0706. The lowest BCUT2D eigenvalue weighted by Crippen LogP contribution is -2.41. The molecule has 19 heavy (non-hydrogen) atoms.